The lowest BCUT2D eigenvalue weighted by Gasteiger charge is -2.31. The van der Waals surface area contributed by atoms with Crippen LogP contribution in [-0.2, 0) is 22.6 Å². The van der Waals surface area contributed by atoms with Crippen LogP contribution in [-0.4, -0.2) is 29.3 Å². The summed E-state index contributed by atoms with van der Waals surface area (Å²) in [4.78, 5) is 27.7. The van der Waals surface area contributed by atoms with Crippen LogP contribution in [0.5, 0.6) is 0 Å². The molecule has 1 atom stereocenters. The Bertz CT molecular complexity index is 792. The molecule has 2 amide bonds. The summed E-state index contributed by atoms with van der Waals surface area (Å²) in [7, 11) is 0. The Morgan fingerprint density at radius 2 is 1.69 bits per heavy atom. The van der Waals surface area contributed by atoms with Gasteiger partial charge in [-0.2, -0.15) is 0 Å². The molecule has 29 heavy (non-hydrogen) atoms. The number of rotatable bonds is 10. The molecule has 2 aromatic rings. The number of nitrogens with zero attached hydrogens (tertiary/aromatic N) is 1. The number of amides is 2. The Balaban J connectivity index is 2.17. The van der Waals surface area contributed by atoms with Crippen LogP contribution in [0.4, 0.5) is 0 Å². The van der Waals surface area contributed by atoms with Gasteiger partial charge in [-0.05, 0) is 36.0 Å². The molecule has 0 heterocycles. The molecule has 2 aromatic carbocycles. The number of benzene rings is 2. The van der Waals surface area contributed by atoms with Crippen LogP contribution in [0.3, 0.4) is 0 Å². The second kappa shape index (κ2) is 11.6. The van der Waals surface area contributed by atoms with E-state index in [1.165, 1.54) is 0 Å². The van der Waals surface area contributed by atoms with Crippen molar-refractivity contribution in [2.75, 3.05) is 6.54 Å². The third kappa shape index (κ3) is 7.21. The van der Waals surface area contributed by atoms with Crippen molar-refractivity contribution in [2.45, 2.75) is 52.6 Å². The summed E-state index contributed by atoms with van der Waals surface area (Å²) in [6.45, 7) is 7.06. The van der Waals surface area contributed by atoms with Crippen molar-refractivity contribution in [3.63, 3.8) is 0 Å². The van der Waals surface area contributed by atoms with Gasteiger partial charge >= 0.3 is 0 Å². The molecule has 0 saturated carbocycles. The van der Waals surface area contributed by atoms with Gasteiger partial charge in [-0.15, -0.1) is 0 Å². The summed E-state index contributed by atoms with van der Waals surface area (Å²) in [5.41, 5.74) is 1.95. The highest BCUT2D eigenvalue weighted by molar-refractivity contribution is 6.31. The number of halogens is 1. The molecular weight excluding hydrogens is 384 g/mol. The predicted octanol–water partition coefficient (Wildman–Crippen LogP) is 4.85. The van der Waals surface area contributed by atoms with Gasteiger partial charge in [0, 0.05) is 24.5 Å². The van der Waals surface area contributed by atoms with Gasteiger partial charge in [0.1, 0.15) is 6.04 Å². The first kappa shape index (κ1) is 23.0. The maximum absolute atomic E-state index is 13.2. The number of nitrogens with one attached hydrogen (secondary N) is 1. The topological polar surface area (TPSA) is 49.4 Å². The zero-order valence-corrected chi connectivity index (χ0v) is 18.3. The van der Waals surface area contributed by atoms with Crippen molar-refractivity contribution in [2.24, 2.45) is 5.92 Å². The number of carbonyl (C=O) groups is 2. The van der Waals surface area contributed by atoms with Crippen LogP contribution in [0.25, 0.3) is 0 Å². The first-order valence-electron chi connectivity index (χ1n) is 10.3. The van der Waals surface area contributed by atoms with Gasteiger partial charge in [0.2, 0.25) is 11.8 Å². The van der Waals surface area contributed by atoms with Crippen LogP contribution in [0.15, 0.2) is 54.6 Å². The van der Waals surface area contributed by atoms with Gasteiger partial charge < -0.3 is 10.2 Å². The highest BCUT2D eigenvalue weighted by Gasteiger charge is 2.28. The summed E-state index contributed by atoms with van der Waals surface area (Å²) in [6, 6.07) is 16.9. The van der Waals surface area contributed by atoms with Crippen molar-refractivity contribution in [1.29, 1.82) is 0 Å². The molecule has 0 saturated heterocycles. The quantitative estimate of drug-likeness (QED) is 0.604. The van der Waals surface area contributed by atoms with Gasteiger partial charge in [0.15, 0.2) is 0 Å². The Morgan fingerprint density at radius 1 is 1.03 bits per heavy atom. The smallest absolute Gasteiger partial charge is 0.242 e. The standard InChI is InChI=1S/C24H31ClN2O2/c1-4-22(24(29)26-16-18(2)3)27(17-19-10-6-5-7-11-19)23(28)15-14-20-12-8-9-13-21(20)25/h5-13,18,22H,4,14-17H2,1-3H3,(H,26,29)/t22-/m0/s1. The van der Waals surface area contributed by atoms with E-state index in [-0.39, 0.29) is 11.8 Å². The van der Waals surface area contributed by atoms with E-state index in [9.17, 15) is 9.59 Å². The fourth-order valence-corrected chi connectivity index (χ4v) is 3.44. The van der Waals surface area contributed by atoms with Crippen molar-refractivity contribution in [3.8, 4) is 0 Å². The largest absolute Gasteiger partial charge is 0.354 e. The van der Waals surface area contributed by atoms with Gasteiger partial charge in [-0.25, -0.2) is 0 Å². The third-order valence-corrected chi connectivity index (χ3v) is 5.20. The van der Waals surface area contributed by atoms with E-state index in [1.54, 1.807) is 4.90 Å². The molecule has 4 nitrogen and oxygen atoms in total. The fraction of sp³-hybridized carbons (Fsp3) is 0.417. The molecule has 156 valence electrons. The molecule has 0 fully saturated rings. The van der Waals surface area contributed by atoms with Gasteiger partial charge in [-0.3, -0.25) is 9.59 Å². The Kier molecular flexibility index (Phi) is 9.20. The summed E-state index contributed by atoms with van der Waals surface area (Å²) >= 11 is 6.24. The van der Waals surface area contributed by atoms with E-state index in [4.69, 9.17) is 11.6 Å². The van der Waals surface area contributed by atoms with Crippen molar-refractivity contribution < 1.29 is 9.59 Å². The van der Waals surface area contributed by atoms with E-state index in [1.807, 2.05) is 61.5 Å². The molecule has 5 heteroatoms. The summed E-state index contributed by atoms with van der Waals surface area (Å²) in [5, 5.41) is 3.65. The van der Waals surface area contributed by atoms with E-state index in [0.29, 0.717) is 43.3 Å². The molecule has 0 spiro atoms. The van der Waals surface area contributed by atoms with Crippen LogP contribution in [0.1, 0.15) is 44.7 Å². The molecule has 0 aromatic heterocycles. The molecular formula is C24H31ClN2O2. The molecule has 0 bridgehead atoms. The maximum atomic E-state index is 13.2. The average Bonchev–Trinajstić information content (AvgIpc) is 2.72. The Labute approximate surface area is 179 Å². The highest BCUT2D eigenvalue weighted by Crippen LogP contribution is 2.19. The zero-order valence-electron chi connectivity index (χ0n) is 17.5. The lowest BCUT2D eigenvalue weighted by molar-refractivity contribution is -0.141. The van der Waals surface area contributed by atoms with Crippen LogP contribution in [0, 0.1) is 5.92 Å². The Morgan fingerprint density at radius 3 is 2.31 bits per heavy atom. The molecule has 0 aliphatic carbocycles. The molecule has 0 aliphatic heterocycles. The first-order valence-corrected chi connectivity index (χ1v) is 10.6. The van der Waals surface area contributed by atoms with Crippen molar-refractivity contribution >= 4 is 23.4 Å². The average molecular weight is 415 g/mol. The SMILES string of the molecule is CC[C@@H](C(=O)NCC(C)C)N(Cc1ccccc1)C(=O)CCc1ccccc1Cl. The lowest BCUT2D eigenvalue weighted by atomic mass is 10.1. The second-order valence-electron chi connectivity index (χ2n) is 7.66. The summed E-state index contributed by atoms with van der Waals surface area (Å²) < 4.78 is 0. The third-order valence-electron chi connectivity index (χ3n) is 4.83. The molecule has 1 N–H and O–H groups in total. The van der Waals surface area contributed by atoms with E-state index in [0.717, 1.165) is 11.1 Å². The minimum absolute atomic E-state index is 0.0414. The number of hydrogen-bond acceptors (Lipinski definition) is 2. The minimum Gasteiger partial charge on any atom is -0.354 e. The van der Waals surface area contributed by atoms with Gasteiger partial charge in [-0.1, -0.05) is 80.9 Å². The van der Waals surface area contributed by atoms with Crippen molar-refractivity contribution in [3.05, 3.63) is 70.7 Å². The Hall–Kier alpha value is -2.33. The van der Waals surface area contributed by atoms with E-state index < -0.39 is 6.04 Å². The summed E-state index contributed by atoms with van der Waals surface area (Å²) in [5.74, 6) is 0.221. The molecule has 0 radical (unpaired) electrons. The normalized spacial score (nSPS) is 11.9. The maximum Gasteiger partial charge on any atom is 0.242 e. The number of aryl methyl sites for hydroxylation is 1. The summed E-state index contributed by atoms with van der Waals surface area (Å²) in [6.07, 6.45) is 1.42. The molecule has 0 aliphatic rings. The van der Waals surface area contributed by atoms with Crippen LogP contribution in [0.2, 0.25) is 5.02 Å². The first-order chi connectivity index (χ1) is 13.9. The second-order valence-corrected chi connectivity index (χ2v) is 8.07. The molecule has 0 unspecified atom stereocenters. The van der Waals surface area contributed by atoms with Crippen molar-refractivity contribution in [1.82, 2.24) is 10.2 Å². The fourth-order valence-electron chi connectivity index (χ4n) is 3.21. The predicted molar refractivity (Wildman–Crippen MR) is 119 cm³/mol. The van der Waals surface area contributed by atoms with Gasteiger partial charge in [0.25, 0.3) is 0 Å². The monoisotopic (exact) mass is 414 g/mol. The minimum atomic E-state index is -0.493. The lowest BCUT2D eigenvalue weighted by Crippen LogP contribution is -2.49. The number of carbonyl (C=O) groups excluding carboxylic acids is 2. The number of hydrogen-bond donors (Lipinski definition) is 1. The van der Waals surface area contributed by atoms with E-state index in [2.05, 4.69) is 19.2 Å². The highest BCUT2D eigenvalue weighted by atomic mass is 35.5. The zero-order chi connectivity index (χ0) is 21.2. The van der Waals surface area contributed by atoms with Crippen LogP contribution >= 0.6 is 11.6 Å². The van der Waals surface area contributed by atoms with Crippen LogP contribution < -0.4 is 5.32 Å². The van der Waals surface area contributed by atoms with Gasteiger partial charge in [0.05, 0.1) is 0 Å². The van der Waals surface area contributed by atoms with E-state index >= 15 is 0 Å². The molecule has 2 rings (SSSR count).